The standard InChI is InChI=1S/2C4H5NS.2C2H6/c1-4-2-6-3-5-4;1-4-2-5-3-6-4;2*1-2/h2*2-3H,1H3;2*1-2H3. The second-order valence-corrected chi connectivity index (χ2v) is 4.05. The Morgan fingerprint density at radius 1 is 1.00 bits per heavy atom. The minimum absolute atomic E-state index is 1.11. The van der Waals surface area contributed by atoms with Crippen molar-refractivity contribution in [2.24, 2.45) is 0 Å². The van der Waals surface area contributed by atoms with Crippen molar-refractivity contribution < 1.29 is 0 Å². The average molecular weight is 258 g/mol. The molecule has 4 heteroatoms. The van der Waals surface area contributed by atoms with E-state index in [2.05, 4.69) is 9.97 Å². The molecule has 0 atom stereocenters. The summed E-state index contributed by atoms with van der Waals surface area (Å²) in [5.41, 5.74) is 4.77. The predicted molar refractivity (Wildman–Crippen MR) is 76.4 cm³/mol. The second-order valence-electron chi connectivity index (χ2n) is 2.24. The van der Waals surface area contributed by atoms with E-state index >= 15 is 0 Å². The van der Waals surface area contributed by atoms with Gasteiger partial charge in [0, 0.05) is 22.1 Å². The number of thiazole rings is 2. The van der Waals surface area contributed by atoms with Gasteiger partial charge in [-0.1, -0.05) is 27.7 Å². The van der Waals surface area contributed by atoms with Crippen molar-refractivity contribution in [3.05, 3.63) is 33.2 Å². The van der Waals surface area contributed by atoms with Gasteiger partial charge in [0.2, 0.25) is 0 Å². The van der Waals surface area contributed by atoms with Crippen LogP contribution in [0.4, 0.5) is 0 Å². The number of aryl methyl sites for hydroxylation is 2. The molecule has 0 aromatic carbocycles. The van der Waals surface area contributed by atoms with Gasteiger partial charge < -0.3 is 0 Å². The minimum Gasteiger partial charge on any atom is -0.253 e. The smallest absolute Gasteiger partial charge is 0.0794 e. The first-order valence-electron chi connectivity index (χ1n) is 5.49. The Morgan fingerprint density at radius 2 is 1.62 bits per heavy atom. The highest BCUT2D eigenvalue weighted by Gasteiger charge is 1.76. The molecule has 2 aromatic rings. The third-order valence-electron chi connectivity index (χ3n) is 1.11. The van der Waals surface area contributed by atoms with E-state index in [0.717, 1.165) is 5.69 Å². The van der Waals surface area contributed by atoms with Crippen molar-refractivity contribution in [1.82, 2.24) is 9.97 Å². The molecule has 16 heavy (non-hydrogen) atoms. The van der Waals surface area contributed by atoms with Crippen LogP contribution in [-0.2, 0) is 0 Å². The monoisotopic (exact) mass is 258 g/mol. The predicted octanol–water partition coefficient (Wildman–Crippen LogP) is 4.96. The van der Waals surface area contributed by atoms with Gasteiger partial charge in [0.25, 0.3) is 0 Å². The van der Waals surface area contributed by atoms with Crippen LogP contribution in [0.5, 0.6) is 0 Å². The summed E-state index contributed by atoms with van der Waals surface area (Å²) in [4.78, 5) is 9.05. The topological polar surface area (TPSA) is 25.8 Å². The molecule has 0 aliphatic heterocycles. The highest BCUT2D eigenvalue weighted by atomic mass is 32.1. The van der Waals surface area contributed by atoms with Crippen LogP contribution in [0.25, 0.3) is 0 Å². The number of hydrogen-bond acceptors (Lipinski definition) is 4. The first kappa shape index (κ1) is 17.6. The van der Waals surface area contributed by atoms with E-state index in [1.54, 1.807) is 22.7 Å². The van der Waals surface area contributed by atoms with Gasteiger partial charge in [-0.2, -0.15) is 0 Å². The second kappa shape index (κ2) is 14.3. The largest absolute Gasteiger partial charge is 0.253 e. The number of rotatable bonds is 0. The van der Waals surface area contributed by atoms with E-state index in [1.807, 2.05) is 64.1 Å². The lowest BCUT2D eigenvalue weighted by molar-refractivity contribution is 1.27. The van der Waals surface area contributed by atoms with Gasteiger partial charge >= 0.3 is 0 Å². The summed E-state index contributed by atoms with van der Waals surface area (Å²) in [6.07, 6.45) is 1.85. The van der Waals surface area contributed by atoms with Crippen LogP contribution in [0.1, 0.15) is 38.3 Å². The van der Waals surface area contributed by atoms with Gasteiger partial charge in [0.05, 0.1) is 11.0 Å². The first-order chi connectivity index (χ1) is 7.79. The molecule has 2 heterocycles. The Bertz CT molecular complexity index is 256. The quantitative estimate of drug-likeness (QED) is 0.667. The minimum atomic E-state index is 1.11. The van der Waals surface area contributed by atoms with Crippen LogP contribution < -0.4 is 0 Å². The fourth-order valence-corrected chi connectivity index (χ4v) is 1.51. The van der Waals surface area contributed by atoms with Crippen LogP contribution in [-0.4, -0.2) is 9.97 Å². The van der Waals surface area contributed by atoms with Gasteiger partial charge in [0.1, 0.15) is 0 Å². The summed E-state index contributed by atoms with van der Waals surface area (Å²) in [5, 5.41) is 2.01. The molecular formula is C12H22N2S2. The molecule has 2 nitrogen and oxygen atoms in total. The number of hydrogen-bond donors (Lipinski definition) is 0. The molecule has 92 valence electrons. The summed E-state index contributed by atoms with van der Waals surface area (Å²) in [6.45, 7) is 12.0. The Balaban J connectivity index is 0. The maximum Gasteiger partial charge on any atom is 0.0794 e. The van der Waals surface area contributed by atoms with Crippen LogP contribution in [0.15, 0.2) is 22.6 Å². The highest BCUT2D eigenvalue weighted by Crippen LogP contribution is 1.99. The zero-order valence-electron chi connectivity index (χ0n) is 11.0. The summed E-state index contributed by atoms with van der Waals surface area (Å²) < 4.78 is 0. The zero-order valence-corrected chi connectivity index (χ0v) is 12.7. The molecule has 0 aliphatic rings. The molecule has 2 rings (SSSR count). The Morgan fingerprint density at radius 3 is 1.75 bits per heavy atom. The normalized spacial score (nSPS) is 7.38. The van der Waals surface area contributed by atoms with Crippen molar-refractivity contribution in [3.8, 4) is 0 Å². The third-order valence-corrected chi connectivity index (χ3v) is 2.52. The lowest BCUT2D eigenvalue weighted by atomic mass is 10.6. The van der Waals surface area contributed by atoms with E-state index in [0.29, 0.717) is 0 Å². The van der Waals surface area contributed by atoms with Gasteiger partial charge in [-0.3, -0.25) is 9.97 Å². The molecule has 0 unspecified atom stereocenters. The van der Waals surface area contributed by atoms with Gasteiger partial charge in [-0.25, -0.2) is 0 Å². The van der Waals surface area contributed by atoms with Gasteiger partial charge in [-0.05, 0) is 13.8 Å². The number of nitrogens with zero attached hydrogens (tertiary/aromatic N) is 2. The highest BCUT2D eigenvalue weighted by molar-refractivity contribution is 7.09. The van der Waals surface area contributed by atoms with E-state index in [-0.39, 0.29) is 0 Å². The first-order valence-corrected chi connectivity index (χ1v) is 7.31. The molecule has 0 saturated carbocycles. The molecular weight excluding hydrogens is 236 g/mol. The molecule has 0 bridgehead atoms. The van der Waals surface area contributed by atoms with Crippen LogP contribution in [0.3, 0.4) is 0 Å². The van der Waals surface area contributed by atoms with Crippen LogP contribution in [0, 0.1) is 13.8 Å². The van der Waals surface area contributed by atoms with Gasteiger partial charge in [0.15, 0.2) is 0 Å². The van der Waals surface area contributed by atoms with Crippen molar-refractivity contribution in [2.75, 3.05) is 0 Å². The van der Waals surface area contributed by atoms with Crippen molar-refractivity contribution in [2.45, 2.75) is 41.5 Å². The fourth-order valence-electron chi connectivity index (χ4n) is 0.552. The molecule has 0 amide bonds. The lowest BCUT2D eigenvalue weighted by Crippen LogP contribution is -1.59. The number of aromatic nitrogens is 2. The van der Waals surface area contributed by atoms with E-state index in [1.165, 1.54) is 4.88 Å². The van der Waals surface area contributed by atoms with E-state index in [4.69, 9.17) is 0 Å². The lowest BCUT2D eigenvalue weighted by Gasteiger charge is -1.64. The van der Waals surface area contributed by atoms with Crippen LogP contribution in [0.2, 0.25) is 0 Å². The molecule has 0 fully saturated rings. The summed E-state index contributed by atoms with van der Waals surface area (Å²) in [7, 11) is 0. The molecule has 2 aromatic heterocycles. The maximum absolute atomic E-state index is 3.94. The Hall–Kier alpha value is -0.740. The zero-order chi connectivity index (χ0) is 12.8. The fraction of sp³-hybridized carbons (Fsp3) is 0.500. The summed E-state index contributed by atoms with van der Waals surface area (Å²) in [5.74, 6) is 0. The SMILES string of the molecule is CC.CC.Cc1cncs1.Cc1cscn1. The molecule has 0 radical (unpaired) electrons. The van der Waals surface area contributed by atoms with Gasteiger partial charge in [-0.15, -0.1) is 22.7 Å². The maximum atomic E-state index is 3.94. The van der Waals surface area contributed by atoms with Crippen molar-refractivity contribution >= 4 is 22.7 Å². The van der Waals surface area contributed by atoms with Crippen LogP contribution >= 0.6 is 22.7 Å². The summed E-state index contributed by atoms with van der Waals surface area (Å²) >= 11 is 3.30. The molecule has 0 aliphatic carbocycles. The molecule has 0 saturated heterocycles. The van der Waals surface area contributed by atoms with Crippen molar-refractivity contribution in [1.29, 1.82) is 0 Å². The average Bonchev–Trinajstić information content (AvgIpc) is 2.98. The summed E-state index contributed by atoms with van der Waals surface area (Å²) in [6, 6.07) is 0. The van der Waals surface area contributed by atoms with Crippen molar-refractivity contribution in [3.63, 3.8) is 0 Å². The Kier molecular flexibility index (Phi) is 15.7. The molecule has 0 N–H and O–H groups in total. The Labute approximate surface area is 107 Å². The van der Waals surface area contributed by atoms with E-state index < -0.39 is 0 Å². The van der Waals surface area contributed by atoms with E-state index in [9.17, 15) is 0 Å². The third kappa shape index (κ3) is 11.3. The molecule has 0 spiro atoms.